The van der Waals surface area contributed by atoms with Crippen LogP contribution in [-0.2, 0) is 6.54 Å². The zero-order valence-electron chi connectivity index (χ0n) is 11.0. The van der Waals surface area contributed by atoms with Crippen molar-refractivity contribution in [3.05, 3.63) is 28.0 Å². The number of aromatic amines is 1. The van der Waals surface area contributed by atoms with Crippen molar-refractivity contribution in [3.63, 3.8) is 0 Å². The van der Waals surface area contributed by atoms with Crippen LogP contribution in [0.1, 0.15) is 13.3 Å². The molecule has 1 N–H and O–H groups in total. The van der Waals surface area contributed by atoms with E-state index in [0.717, 1.165) is 33.9 Å². The van der Waals surface area contributed by atoms with Gasteiger partial charge in [0.05, 0.1) is 11.0 Å². The topological polar surface area (TPSA) is 24.0 Å². The largest absolute Gasteiger partial charge is 0.331 e. The maximum Gasteiger partial charge on any atom is 0.178 e. The molecule has 1 saturated heterocycles. The predicted octanol–water partition coefficient (Wildman–Crippen LogP) is 3.69. The fourth-order valence-electron chi connectivity index (χ4n) is 2.91. The van der Waals surface area contributed by atoms with Crippen LogP contribution in [0, 0.1) is 10.7 Å². The molecule has 5 heteroatoms. The van der Waals surface area contributed by atoms with E-state index >= 15 is 0 Å². The molecule has 0 spiro atoms. The smallest absolute Gasteiger partial charge is 0.178 e. The second-order valence-corrected chi connectivity index (χ2v) is 6.07. The standard InChI is InChI=1S/C14H18ClN3S/c1-2-17-6-5-10(8-17)9-18-13-7-11(15)3-4-12(13)16-14(18)19/h3-4,7,10H,2,5-6,8-9H2,1H3,(H,16,19). The third-order valence-electron chi connectivity index (χ3n) is 4.00. The number of halogens is 1. The highest BCUT2D eigenvalue weighted by Gasteiger charge is 2.22. The third kappa shape index (κ3) is 2.57. The Morgan fingerprint density at radius 1 is 1.47 bits per heavy atom. The van der Waals surface area contributed by atoms with Gasteiger partial charge < -0.3 is 14.5 Å². The minimum atomic E-state index is 0.685. The van der Waals surface area contributed by atoms with Gasteiger partial charge in [0.25, 0.3) is 0 Å². The Labute approximate surface area is 123 Å². The van der Waals surface area contributed by atoms with Crippen molar-refractivity contribution in [2.24, 2.45) is 5.92 Å². The van der Waals surface area contributed by atoms with Crippen LogP contribution in [0.25, 0.3) is 11.0 Å². The first-order chi connectivity index (χ1) is 9.17. The molecule has 1 fully saturated rings. The number of aromatic nitrogens is 2. The van der Waals surface area contributed by atoms with E-state index in [4.69, 9.17) is 23.8 Å². The first-order valence-electron chi connectivity index (χ1n) is 6.78. The highest BCUT2D eigenvalue weighted by molar-refractivity contribution is 7.71. The fraction of sp³-hybridized carbons (Fsp3) is 0.500. The number of nitrogens with one attached hydrogen (secondary N) is 1. The summed E-state index contributed by atoms with van der Waals surface area (Å²) in [6.45, 7) is 6.72. The second kappa shape index (κ2) is 5.27. The van der Waals surface area contributed by atoms with Crippen LogP contribution >= 0.6 is 23.8 Å². The lowest BCUT2D eigenvalue weighted by atomic mass is 10.1. The van der Waals surface area contributed by atoms with Crippen molar-refractivity contribution in [3.8, 4) is 0 Å². The van der Waals surface area contributed by atoms with Crippen LogP contribution in [0.5, 0.6) is 0 Å². The molecule has 1 atom stereocenters. The second-order valence-electron chi connectivity index (χ2n) is 5.25. The predicted molar refractivity (Wildman–Crippen MR) is 82.4 cm³/mol. The van der Waals surface area contributed by atoms with E-state index in [1.807, 2.05) is 18.2 Å². The van der Waals surface area contributed by atoms with E-state index in [-0.39, 0.29) is 0 Å². The van der Waals surface area contributed by atoms with Gasteiger partial charge in [0.2, 0.25) is 0 Å². The van der Waals surface area contributed by atoms with Crippen LogP contribution < -0.4 is 0 Å². The number of benzene rings is 1. The molecule has 1 unspecified atom stereocenters. The van der Waals surface area contributed by atoms with Crippen LogP contribution in [-0.4, -0.2) is 34.1 Å². The molecule has 3 rings (SSSR count). The number of rotatable bonds is 3. The monoisotopic (exact) mass is 295 g/mol. The van der Waals surface area contributed by atoms with Crippen LogP contribution in [0.4, 0.5) is 0 Å². The van der Waals surface area contributed by atoms with Gasteiger partial charge in [0.15, 0.2) is 4.77 Å². The van der Waals surface area contributed by atoms with E-state index < -0.39 is 0 Å². The molecule has 102 valence electrons. The van der Waals surface area contributed by atoms with Crippen molar-refractivity contribution in [2.75, 3.05) is 19.6 Å². The Bertz CT molecular complexity index is 646. The lowest BCUT2D eigenvalue weighted by Crippen LogP contribution is -2.21. The number of hydrogen-bond acceptors (Lipinski definition) is 2. The van der Waals surface area contributed by atoms with Crippen molar-refractivity contribution < 1.29 is 0 Å². The number of imidazole rings is 1. The molecule has 19 heavy (non-hydrogen) atoms. The minimum absolute atomic E-state index is 0.685. The number of fused-ring (bicyclic) bond motifs is 1. The number of nitrogens with zero attached hydrogens (tertiary/aromatic N) is 2. The molecule has 1 aliphatic rings. The first-order valence-corrected chi connectivity index (χ1v) is 7.56. The molecule has 2 aromatic rings. The SMILES string of the molecule is CCN1CCC(Cn2c(=S)[nH]c3ccc(Cl)cc32)C1. The molecule has 0 aliphatic carbocycles. The number of likely N-dealkylation sites (tertiary alicyclic amines) is 1. The highest BCUT2D eigenvalue weighted by Crippen LogP contribution is 2.23. The van der Waals surface area contributed by atoms with Crippen molar-refractivity contribution in [2.45, 2.75) is 19.9 Å². The summed E-state index contributed by atoms with van der Waals surface area (Å²) in [5.74, 6) is 0.685. The van der Waals surface area contributed by atoms with Crippen LogP contribution in [0.15, 0.2) is 18.2 Å². The van der Waals surface area contributed by atoms with E-state index in [9.17, 15) is 0 Å². The van der Waals surface area contributed by atoms with Gasteiger partial charge in [-0.15, -0.1) is 0 Å². The van der Waals surface area contributed by atoms with E-state index in [1.54, 1.807) is 0 Å². The average molecular weight is 296 g/mol. The number of hydrogen-bond donors (Lipinski definition) is 1. The summed E-state index contributed by atoms with van der Waals surface area (Å²) < 4.78 is 2.99. The van der Waals surface area contributed by atoms with Gasteiger partial charge in [-0.05, 0) is 55.8 Å². The summed E-state index contributed by atoms with van der Waals surface area (Å²) in [6.07, 6.45) is 1.25. The molecule has 3 nitrogen and oxygen atoms in total. The molecule has 0 radical (unpaired) electrons. The lowest BCUT2D eigenvalue weighted by Gasteiger charge is -2.14. The molecule has 0 amide bonds. The summed E-state index contributed by atoms with van der Waals surface area (Å²) in [6, 6.07) is 5.89. The first kappa shape index (κ1) is 13.2. The molecular formula is C14H18ClN3S. The van der Waals surface area contributed by atoms with Gasteiger partial charge in [0, 0.05) is 18.1 Å². The average Bonchev–Trinajstić information content (AvgIpc) is 2.96. The Kier molecular flexibility index (Phi) is 3.65. The number of H-pyrrole nitrogens is 1. The quantitative estimate of drug-likeness (QED) is 0.873. The zero-order valence-corrected chi connectivity index (χ0v) is 12.6. The van der Waals surface area contributed by atoms with E-state index in [1.165, 1.54) is 19.5 Å². The van der Waals surface area contributed by atoms with Gasteiger partial charge in [-0.1, -0.05) is 18.5 Å². The highest BCUT2D eigenvalue weighted by atomic mass is 35.5. The summed E-state index contributed by atoms with van der Waals surface area (Å²) in [5, 5.41) is 0.761. The van der Waals surface area contributed by atoms with E-state index in [0.29, 0.717) is 5.92 Å². The molecule has 0 saturated carbocycles. The van der Waals surface area contributed by atoms with Gasteiger partial charge in [-0.2, -0.15) is 0 Å². The van der Waals surface area contributed by atoms with Crippen LogP contribution in [0.2, 0.25) is 5.02 Å². The van der Waals surface area contributed by atoms with Crippen LogP contribution in [0.3, 0.4) is 0 Å². The van der Waals surface area contributed by atoms with Crippen molar-refractivity contribution in [1.29, 1.82) is 0 Å². The van der Waals surface area contributed by atoms with Crippen molar-refractivity contribution >= 4 is 34.9 Å². The zero-order chi connectivity index (χ0) is 13.4. The minimum Gasteiger partial charge on any atom is -0.331 e. The Morgan fingerprint density at radius 2 is 2.32 bits per heavy atom. The van der Waals surface area contributed by atoms with Gasteiger partial charge in [0.1, 0.15) is 0 Å². The Hall–Kier alpha value is -0.840. The van der Waals surface area contributed by atoms with Gasteiger partial charge in [-0.25, -0.2) is 0 Å². The van der Waals surface area contributed by atoms with Gasteiger partial charge in [-0.3, -0.25) is 0 Å². The summed E-state index contributed by atoms with van der Waals surface area (Å²) in [7, 11) is 0. The lowest BCUT2D eigenvalue weighted by molar-refractivity contribution is 0.333. The van der Waals surface area contributed by atoms with Crippen molar-refractivity contribution in [1.82, 2.24) is 14.5 Å². The summed E-state index contributed by atoms with van der Waals surface area (Å²) in [5.41, 5.74) is 2.19. The maximum atomic E-state index is 6.09. The Morgan fingerprint density at radius 3 is 3.05 bits per heavy atom. The molecule has 1 aromatic heterocycles. The molecule has 1 aliphatic heterocycles. The molecule has 0 bridgehead atoms. The molecular weight excluding hydrogens is 278 g/mol. The molecule has 1 aromatic carbocycles. The summed E-state index contributed by atoms with van der Waals surface area (Å²) in [4.78, 5) is 5.76. The Balaban J connectivity index is 1.90. The molecule has 2 heterocycles. The normalized spacial score (nSPS) is 20.4. The van der Waals surface area contributed by atoms with E-state index in [2.05, 4.69) is 21.4 Å². The fourth-order valence-corrected chi connectivity index (χ4v) is 3.36. The third-order valence-corrected chi connectivity index (χ3v) is 4.55. The maximum absolute atomic E-state index is 6.09. The van der Waals surface area contributed by atoms with Gasteiger partial charge >= 0.3 is 0 Å². The summed E-state index contributed by atoms with van der Waals surface area (Å²) >= 11 is 11.5.